The number of carbonyl (C=O) groups is 2. The molecule has 1 unspecified atom stereocenters. The average Bonchev–Trinajstić information content (AvgIpc) is 3.05. The Balaban J connectivity index is 1.64. The van der Waals surface area contributed by atoms with Crippen molar-refractivity contribution in [3.63, 3.8) is 0 Å². The van der Waals surface area contributed by atoms with Crippen molar-refractivity contribution in [3.05, 3.63) is 94.2 Å². The highest BCUT2D eigenvalue weighted by Gasteiger charge is 2.40. The van der Waals surface area contributed by atoms with Gasteiger partial charge in [-0.1, -0.05) is 35.0 Å². The average molecular weight is 473 g/mol. The summed E-state index contributed by atoms with van der Waals surface area (Å²) in [6, 6.07) is 19.0. The molecule has 1 amide bonds. The summed E-state index contributed by atoms with van der Waals surface area (Å²) in [5.41, 5.74) is 1.59. The van der Waals surface area contributed by atoms with Gasteiger partial charge in [0.05, 0.1) is 16.6 Å². The summed E-state index contributed by atoms with van der Waals surface area (Å²) >= 11 is 13.2. The van der Waals surface area contributed by atoms with Crippen LogP contribution in [0.4, 0.5) is 15.8 Å². The molecule has 1 saturated heterocycles. The van der Waals surface area contributed by atoms with Gasteiger partial charge < -0.3 is 0 Å². The van der Waals surface area contributed by atoms with E-state index >= 15 is 0 Å². The first-order chi connectivity index (χ1) is 14.9. The molecule has 4 nitrogen and oxygen atoms in total. The van der Waals surface area contributed by atoms with Gasteiger partial charge in [0.15, 0.2) is 11.0 Å². The van der Waals surface area contributed by atoms with Crippen molar-refractivity contribution in [2.24, 2.45) is 4.99 Å². The van der Waals surface area contributed by atoms with Crippen LogP contribution in [0.2, 0.25) is 10.0 Å². The number of anilines is 1. The monoisotopic (exact) mass is 472 g/mol. The zero-order valence-electron chi connectivity index (χ0n) is 16.0. The van der Waals surface area contributed by atoms with Gasteiger partial charge in [0.1, 0.15) is 5.82 Å². The van der Waals surface area contributed by atoms with Crippen molar-refractivity contribution in [1.29, 1.82) is 0 Å². The molecule has 3 aromatic carbocycles. The summed E-state index contributed by atoms with van der Waals surface area (Å²) in [5, 5.41) is 0.921. The van der Waals surface area contributed by atoms with Crippen molar-refractivity contribution in [2.45, 2.75) is 11.7 Å². The van der Waals surface area contributed by atoms with Crippen LogP contribution < -0.4 is 4.90 Å². The minimum atomic E-state index is -0.653. The highest BCUT2D eigenvalue weighted by molar-refractivity contribution is 8.16. The summed E-state index contributed by atoms with van der Waals surface area (Å²) in [7, 11) is 0. The van der Waals surface area contributed by atoms with Crippen LogP contribution in [0.5, 0.6) is 0 Å². The molecule has 0 spiro atoms. The number of nitrogens with zero attached hydrogens (tertiary/aromatic N) is 2. The molecular weight excluding hydrogens is 458 g/mol. The Labute approximate surface area is 192 Å². The fourth-order valence-electron chi connectivity index (χ4n) is 3.05. The van der Waals surface area contributed by atoms with E-state index in [2.05, 4.69) is 4.99 Å². The zero-order chi connectivity index (χ0) is 22.0. The molecule has 31 heavy (non-hydrogen) atoms. The number of aliphatic imine (C=N–C) groups is 1. The topological polar surface area (TPSA) is 49.7 Å². The van der Waals surface area contributed by atoms with Gasteiger partial charge in [-0.15, -0.1) is 0 Å². The van der Waals surface area contributed by atoms with Crippen LogP contribution in [0.15, 0.2) is 77.8 Å². The van der Waals surface area contributed by atoms with Gasteiger partial charge >= 0.3 is 0 Å². The molecule has 0 radical (unpaired) electrons. The predicted molar refractivity (Wildman–Crippen MR) is 124 cm³/mol. The van der Waals surface area contributed by atoms with Gasteiger partial charge in [-0.25, -0.2) is 9.38 Å². The molecule has 1 aliphatic rings. The number of halogens is 3. The van der Waals surface area contributed by atoms with Crippen molar-refractivity contribution in [3.8, 4) is 0 Å². The number of carbonyl (C=O) groups excluding carboxylic acids is 2. The number of hydrogen-bond donors (Lipinski definition) is 0. The lowest BCUT2D eigenvalue weighted by molar-refractivity contribution is -0.116. The van der Waals surface area contributed by atoms with E-state index < -0.39 is 11.1 Å². The molecule has 156 valence electrons. The molecule has 3 aromatic rings. The van der Waals surface area contributed by atoms with E-state index in [0.29, 0.717) is 32.2 Å². The second-order valence-corrected chi connectivity index (χ2v) is 8.80. The Bertz CT molecular complexity index is 1150. The van der Waals surface area contributed by atoms with Gasteiger partial charge in [-0.2, -0.15) is 0 Å². The van der Waals surface area contributed by atoms with Crippen LogP contribution in [0.25, 0.3) is 0 Å². The Morgan fingerprint density at radius 1 is 0.935 bits per heavy atom. The second-order valence-electron chi connectivity index (χ2n) is 6.76. The molecule has 1 atom stereocenters. The molecule has 8 heteroatoms. The first-order valence-electron chi connectivity index (χ1n) is 9.30. The largest absolute Gasteiger partial charge is 0.294 e. The van der Waals surface area contributed by atoms with E-state index in [1.807, 2.05) is 0 Å². The normalized spacial score (nSPS) is 17.4. The van der Waals surface area contributed by atoms with Crippen LogP contribution in [-0.2, 0) is 4.79 Å². The molecule has 1 aliphatic heterocycles. The maximum absolute atomic E-state index is 13.2. The van der Waals surface area contributed by atoms with Crippen LogP contribution in [0.3, 0.4) is 0 Å². The van der Waals surface area contributed by atoms with E-state index in [0.717, 1.165) is 0 Å². The first-order valence-corrected chi connectivity index (χ1v) is 10.9. The van der Waals surface area contributed by atoms with Crippen molar-refractivity contribution in [1.82, 2.24) is 0 Å². The molecule has 1 fully saturated rings. The number of hydrogen-bond acceptors (Lipinski definition) is 4. The lowest BCUT2D eigenvalue weighted by atomic mass is 10.1. The Hall–Kier alpha value is -2.67. The fraction of sp³-hybridized carbons (Fsp3) is 0.0870. The van der Waals surface area contributed by atoms with Crippen molar-refractivity contribution >= 4 is 63.2 Å². The molecular formula is C23H15Cl2FN2O2S. The van der Waals surface area contributed by atoms with Crippen LogP contribution in [-0.4, -0.2) is 22.1 Å². The standard InChI is InChI=1S/C23H15Cl2FN2O2S/c24-15-3-9-18(10-4-15)27-23-28(19-11-5-16(25)6-12-19)22(30)21(31-23)13-20(29)14-1-7-17(26)8-2-14/h1-12,21H,13H2. The minimum Gasteiger partial charge on any atom is -0.294 e. The summed E-state index contributed by atoms with van der Waals surface area (Å²) in [5.74, 6) is -0.917. The van der Waals surface area contributed by atoms with Gasteiger partial charge in [0, 0.05) is 22.0 Å². The highest BCUT2D eigenvalue weighted by atomic mass is 35.5. The first kappa shape index (κ1) is 21.6. The minimum absolute atomic E-state index is 0.0289. The van der Waals surface area contributed by atoms with E-state index in [1.54, 1.807) is 48.5 Å². The molecule has 0 aromatic heterocycles. The van der Waals surface area contributed by atoms with Crippen LogP contribution >= 0.6 is 35.0 Å². The third-order valence-corrected chi connectivity index (χ3v) is 6.25. The van der Waals surface area contributed by atoms with Crippen LogP contribution in [0, 0.1) is 5.82 Å². The Morgan fingerprint density at radius 3 is 2.13 bits per heavy atom. The number of amides is 1. The van der Waals surface area contributed by atoms with Crippen molar-refractivity contribution < 1.29 is 14.0 Å². The van der Waals surface area contributed by atoms with Crippen molar-refractivity contribution in [2.75, 3.05) is 4.90 Å². The summed E-state index contributed by atoms with van der Waals surface area (Å²) < 4.78 is 13.2. The smallest absolute Gasteiger partial charge is 0.247 e. The predicted octanol–water partition coefficient (Wildman–Crippen LogP) is 6.54. The molecule has 1 heterocycles. The number of thioether (sulfide) groups is 1. The van der Waals surface area contributed by atoms with Gasteiger partial charge in [-0.05, 0) is 72.8 Å². The van der Waals surface area contributed by atoms with Gasteiger partial charge in [-0.3, -0.25) is 14.5 Å². The number of rotatable bonds is 5. The summed E-state index contributed by atoms with van der Waals surface area (Å²) in [6.45, 7) is 0. The van der Waals surface area contributed by atoms with E-state index in [9.17, 15) is 14.0 Å². The lowest BCUT2D eigenvalue weighted by Crippen LogP contribution is -2.32. The third kappa shape index (κ3) is 4.98. The molecule has 4 rings (SSSR count). The Kier molecular flexibility index (Phi) is 6.41. The van der Waals surface area contributed by atoms with E-state index in [4.69, 9.17) is 23.2 Å². The van der Waals surface area contributed by atoms with E-state index in [1.165, 1.54) is 40.9 Å². The Morgan fingerprint density at radius 2 is 1.52 bits per heavy atom. The molecule has 0 bridgehead atoms. The summed E-state index contributed by atoms with van der Waals surface area (Å²) in [6.07, 6.45) is -0.0289. The quantitative estimate of drug-likeness (QED) is 0.396. The SMILES string of the molecule is O=C(CC1SC(=Nc2ccc(Cl)cc2)N(c2ccc(Cl)cc2)C1=O)c1ccc(F)cc1. The summed E-state index contributed by atoms with van der Waals surface area (Å²) in [4.78, 5) is 32.0. The maximum atomic E-state index is 13.2. The number of Topliss-reactive ketones (excluding diaryl/α,β-unsaturated/α-hetero) is 1. The maximum Gasteiger partial charge on any atom is 0.247 e. The second kappa shape index (κ2) is 9.22. The highest BCUT2D eigenvalue weighted by Crippen LogP contribution is 2.36. The van der Waals surface area contributed by atoms with Crippen LogP contribution in [0.1, 0.15) is 16.8 Å². The molecule has 0 aliphatic carbocycles. The number of amidine groups is 1. The molecule has 0 saturated carbocycles. The number of benzene rings is 3. The third-order valence-electron chi connectivity index (χ3n) is 4.61. The van der Waals surface area contributed by atoms with E-state index in [-0.39, 0.29) is 18.1 Å². The number of ketones is 1. The lowest BCUT2D eigenvalue weighted by Gasteiger charge is -2.16. The molecule has 0 N–H and O–H groups in total. The fourth-order valence-corrected chi connectivity index (χ4v) is 4.46. The van der Waals surface area contributed by atoms with Gasteiger partial charge in [0.25, 0.3) is 0 Å². The zero-order valence-corrected chi connectivity index (χ0v) is 18.3. The van der Waals surface area contributed by atoms with Gasteiger partial charge in [0.2, 0.25) is 5.91 Å².